The fourth-order valence-corrected chi connectivity index (χ4v) is 1.91. The molecule has 0 aliphatic carbocycles. The molecule has 0 spiro atoms. The van der Waals surface area contributed by atoms with E-state index in [0.29, 0.717) is 18.5 Å². The third-order valence-electron chi connectivity index (χ3n) is 2.87. The summed E-state index contributed by atoms with van der Waals surface area (Å²) in [5.41, 5.74) is 5.63. The first-order valence-electron chi connectivity index (χ1n) is 6.74. The second-order valence-corrected chi connectivity index (χ2v) is 4.61. The van der Waals surface area contributed by atoms with Gasteiger partial charge in [0.1, 0.15) is 0 Å². The number of ether oxygens (including phenoxy) is 2. The normalized spacial score (nSPS) is 19.1. The molecule has 2 heterocycles. The summed E-state index contributed by atoms with van der Waals surface area (Å²) in [6.07, 6.45) is 3.16. The van der Waals surface area contributed by atoms with Crippen molar-refractivity contribution in [3.05, 3.63) is 0 Å². The van der Waals surface area contributed by atoms with Crippen LogP contribution < -0.4 is 15.8 Å². The van der Waals surface area contributed by atoms with Gasteiger partial charge in [0.15, 0.2) is 0 Å². The van der Waals surface area contributed by atoms with Crippen molar-refractivity contribution in [2.45, 2.75) is 26.2 Å². The number of nitrogens with two attached hydrogens (primary N) is 1. The third-order valence-corrected chi connectivity index (χ3v) is 2.87. The highest BCUT2D eigenvalue weighted by Crippen LogP contribution is 2.15. The standard InChI is InChI=1S/C12H21N5O2/c1-2-5-19-12-16-10(13)15-11(17-12)14-7-9-4-3-6-18-8-9/h9H,2-8H2,1H3,(H3,13,14,15,16,17). The second kappa shape index (κ2) is 7.08. The zero-order chi connectivity index (χ0) is 13.5. The molecular formula is C12H21N5O2. The molecule has 2 rings (SSSR count). The molecule has 0 aromatic carbocycles. The maximum absolute atomic E-state index is 5.63. The van der Waals surface area contributed by atoms with Crippen LogP contribution in [0, 0.1) is 5.92 Å². The molecule has 0 amide bonds. The Morgan fingerprint density at radius 2 is 2.32 bits per heavy atom. The Kier molecular flexibility index (Phi) is 5.14. The fourth-order valence-electron chi connectivity index (χ4n) is 1.91. The molecule has 1 aromatic rings. The van der Waals surface area contributed by atoms with E-state index in [1.165, 1.54) is 0 Å². The Morgan fingerprint density at radius 1 is 1.42 bits per heavy atom. The smallest absolute Gasteiger partial charge is 0.323 e. The van der Waals surface area contributed by atoms with Gasteiger partial charge in [-0.15, -0.1) is 0 Å². The summed E-state index contributed by atoms with van der Waals surface area (Å²) < 4.78 is 10.8. The topological polar surface area (TPSA) is 95.2 Å². The van der Waals surface area contributed by atoms with Crippen molar-refractivity contribution in [2.75, 3.05) is 37.4 Å². The molecule has 0 saturated carbocycles. The highest BCUT2D eigenvalue weighted by molar-refractivity contribution is 5.32. The van der Waals surface area contributed by atoms with Gasteiger partial charge >= 0.3 is 6.01 Å². The summed E-state index contributed by atoms with van der Waals surface area (Å²) >= 11 is 0. The second-order valence-electron chi connectivity index (χ2n) is 4.61. The van der Waals surface area contributed by atoms with E-state index in [0.717, 1.165) is 39.0 Å². The Labute approximate surface area is 112 Å². The largest absolute Gasteiger partial charge is 0.463 e. The lowest BCUT2D eigenvalue weighted by Crippen LogP contribution is -2.25. The van der Waals surface area contributed by atoms with Gasteiger partial charge < -0.3 is 20.5 Å². The van der Waals surface area contributed by atoms with Gasteiger partial charge in [-0.2, -0.15) is 15.0 Å². The molecule has 1 atom stereocenters. The molecule has 1 aliphatic rings. The predicted octanol–water partition coefficient (Wildman–Crippen LogP) is 1.08. The number of anilines is 2. The van der Waals surface area contributed by atoms with Gasteiger partial charge in [-0.1, -0.05) is 6.92 Å². The van der Waals surface area contributed by atoms with Crippen molar-refractivity contribution in [3.8, 4) is 6.01 Å². The van der Waals surface area contributed by atoms with Crippen LogP contribution in [0.4, 0.5) is 11.9 Å². The van der Waals surface area contributed by atoms with E-state index in [9.17, 15) is 0 Å². The van der Waals surface area contributed by atoms with Gasteiger partial charge in [-0.3, -0.25) is 0 Å². The van der Waals surface area contributed by atoms with E-state index < -0.39 is 0 Å². The van der Waals surface area contributed by atoms with Crippen molar-refractivity contribution >= 4 is 11.9 Å². The van der Waals surface area contributed by atoms with Gasteiger partial charge in [0.2, 0.25) is 11.9 Å². The molecule has 0 bridgehead atoms. The summed E-state index contributed by atoms with van der Waals surface area (Å²) in [6, 6.07) is 0.275. The van der Waals surface area contributed by atoms with E-state index in [1.54, 1.807) is 0 Å². The molecule has 1 fully saturated rings. The summed E-state index contributed by atoms with van der Waals surface area (Å²) in [5.74, 6) is 1.12. The highest BCUT2D eigenvalue weighted by Gasteiger charge is 2.14. The maximum atomic E-state index is 5.63. The maximum Gasteiger partial charge on any atom is 0.323 e. The van der Waals surface area contributed by atoms with E-state index in [-0.39, 0.29) is 12.0 Å². The van der Waals surface area contributed by atoms with Crippen LogP contribution in [0.5, 0.6) is 6.01 Å². The first-order valence-corrected chi connectivity index (χ1v) is 6.74. The van der Waals surface area contributed by atoms with Gasteiger partial charge in [-0.05, 0) is 25.2 Å². The molecule has 1 saturated heterocycles. The molecular weight excluding hydrogens is 246 g/mol. The predicted molar refractivity (Wildman–Crippen MR) is 72.1 cm³/mol. The molecule has 7 nitrogen and oxygen atoms in total. The van der Waals surface area contributed by atoms with Gasteiger partial charge in [0, 0.05) is 13.2 Å². The lowest BCUT2D eigenvalue weighted by Gasteiger charge is -2.22. The zero-order valence-corrected chi connectivity index (χ0v) is 11.3. The number of hydrogen-bond acceptors (Lipinski definition) is 7. The lowest BCUT2D eigenvalue weighted by molar-refractivity contribution is 0.0594. The monoisotopic (exact) mass is 267 g/mol. The van der Waals surface area contributed by atoms with Crippen molar-refractivity contribution in [1.82, 2.24) is 15.0 Å². The third kappa shape index (κ3) is 4.51. The molecule has 0 radical (unpaired) electrons. The molecule has 19 heavy (non-hydrogen) atoms. The summed E-state index contributed by atoms with van der Waals surface area (Å²) in [4.78, 5) is 12.2. The minimum Gasteiger partial charge on any atom is -0.463 e. The van der Waals surface area contributed by atoms with E-state index >= 15 is 0 Å². The molecule has 7 heteroatoms. The quantitative estimate of drug-likeness (QED) is 0.796. The van der Waals surface area contributed by atoms with E-state index in [2.05, 4.69) is 20.3 Å². The van der Waals surface area contributed by atoms with Crippen LogP contribution in [0.15, 0.2) is 0 Å². The van der Waals surface area contributed by atoms with Crippen LogP contribution in [0.25, 0.3) is 0 Å². The summed E-state index contributed by atoms with van der Waals surface area (Å²) in [7, 11) is 0. The minimum atomic E-state index is 0.170. The number of nitrogens with one attached hydrogen (secondary N) is 1. The molecule has 1 aliphatic heterocycles. The fraction of sp³-hybridized carbons (Fsp3) is 0.750. The Balaban J connectivity index is 1.89. The summed E-state index contributed by atoms with van der Waals surface area (Å²) in [5, 5.41) is 3.17. The lowest BCUT2D eigenvalue weighted by atomic mass is 10.0. The van der Waals surface area contributed by atoms with Crippen LogP contribution >= 0.6 is 0 Å². The highest BCUT2D eigenvalue weighted by atomic mass is 16.5. The van der Waals surface area contributed by atoms with Gasteiger partial charge in [-0.25, -0.2) is 0 Å². The first-order chi connectivity index (χ1) is 9.28. The van der Waals surface area contributed by atoms with Crippen LogP contribution in [-0.4, -0.2) is 41.3 Å². The minimum absolute atomic E-state index is 0.170. The van der Waals surface area contributed by atoms with E-state index in [1.807, 2.05) is 6.92 Å². The number of nitrogen functional groups attached to an aromatic ring is 1. The van der Waals surface area contributed by atoms with Gasteiger partial charge in [0.25, 0.3) is 0 Å². The van der Waals surface area contributed by atoms with Crippen molar-refractivity contribution in [1.29, 1.82) is 0 Å². The van der Waals surface area contributed by atoms with Crippen LogP contribution in [0.2, 0.25) is 0 Å². The number of nitrogens with zero attached hydrogens (tertiary/aromatic N) is 3. The van der Waals surface area contributed by atoms with Crippen molar-refractivity contribution in [2.24, 2.45) is 5.92 Å². The van der Waals surface area contributed by atoms with Crippen LogP contribution in [-0.2, 0) is 4.74 Å². The molecule has 3 N–H and O–H groups in total. The SMILES string of the molecule is CCCOc1nc(N)nc(NCC2CCCOC2)n1. The Hall–Kier alpha value is -1.63. The number of aromatic nitrogens is 3. The van der Waals surface area contributed by atoms with Gasteiger partial charge in [0.05, 0.1) is 13.2 Å². The summed E-state index contributed by atoms with van der Waals surface area (Å²) in [6.45, 7) is 5.01. The number of rotatable bonds is 6. The van der Waals surface area contributed by atoms with Crippen molar-refractivity contribution < 1.29 is 9.47 Å². The average Bonchev–Trinajstić information content (AvgIpc) is 2.43. The molecule has 106 valence electrons. The Morgan fingerprint density at radius 3 is 3.05 bits per heavy atom. The van der Waals surface area contributed by atoms with Crippen LogP contribution in [0.1, 0.15) is 26.2 Å². The van der Waals surface area contributed by atoms with Crippen LogP contribution in [0.3, 0.4) is 0 Å². The van der Waals surface area contributed by atoms with E-state index in [4.69, 9.17) is 15.2 Å². The zero-order valence-electron chi connectivity index (χ0n) is 11.3. The number of hydrogen-bond donors (Lipinski definition) is 2. The van der Waals surface area contributed by atoms with Crippen molar-refractivity contribution in [3.63, 3.8) is 0 Å². The first kappa shape index (κ1) is 13.8. The molecule has 1 unspecified atom stereocenters. The molecule has 1 aromatic heterocycles. The average molecular weight is 267 g/mol. The Bertz CT molecular complexity index is 396.